The van der Waals surface area contributed by atoms with E-state index in [0.717, 1.165) is 0 Å². The summed E-state index contributed by atoms with van der Waals surface area (Å²) in [6.45, 7) is 1.77. The molecule has 0 spiro atoms. The van der Waals surface area contributed by atoms with Gasteiger partial charge in [-0.2, -0.15) is 4.98 Å². The summed E-state index contributed by atoms with van der Waals surface area (Å²) in [6, 6.07) is 3.24. The average Bonchev–Trinajstić information content (AvgIpc) is 2.70. The van der Waals surface area contributed by atoms with E-state index in [4.69, 9.17) is 14.7 Å². The van der Waals surface area contributed by atoms with Crippen molar-refractivity contribution in [1.29, 1.82) is 0 Å². The Bertz CT molecular complexity index is 441. The molecular formula is C8H9BrClN3O2. The molecule has 0 radical (unpaired) electrons. The minimum absolute atomic E-state index is 0. The molecule has 0 amide bonds. The Kier molecular flexibility index (Phi) is 3.90. The topological polar surface area (TPSA) is 78.1 Å². The molecule has 2 N–H and O–H groups in total. The molecule has 0 aliphatic heterocycles. The third kappa shape index (κ3) is 2.58. The van der Waals surface area contributed by atoms with Crippen LogP contribution < -0.4 is 5.73 Å². The minimum Gasteiger partial charge on any atom is -0.446 e. The van der Waals surface area contributed by atoms with Gasteiger partial charge in [0.1, 0.15) is 0 Å². The monoisotopic (exact) mass is 293 g/mol. The Morgan fingerprint density at radius 1 is 1.47 bits per heavy atom. The summed E-state index contributed by atoms with van der Waals surface area (Å²) in [7, 11) is 0. The van der Waals surface area contributed by atoms with Gasteiger partial charge in [0.2, 0.25) is 11.7 Å². The molecular weight excluding hydrogens is 285 g/mol. The zero-order chi connectivity index (χ0) is 10.1. The van der Waals surface area contributed by atoms with Crippen molar-refractivity contribution in [3.8, 4) is 11.6 Å². The van der Waals surface area contributed by atoms with E-state index in [2.05, 4.69) is 26.1 Å². The van der Waals surface area contributed by atoms with Crippen LogP contribution in [0.25, 0.3) is 11.6 Å². The SMILES string of the molecule is C[C@H](N)c1nc(-c2ccc(Br)o2)no1.Cl. The first-order valence-electron chi connectivity index (χ1n) is 4.01. The lowest BCUT2D eigenvalue weighted by molar-refractivity contribution is 0.361. The Hall–Kier alpha value is -0.850. The lowest BCUT2D eigenvalue weighted by atomic mass is 10.4. The van der Waals surface area contributed by atoms with Gasteiger partial charge in [0.05, 0.1) is 6.04 Å². The molecule has 0 saturated carbocycles. The van der Waals surface area contributed by atoms with Crippen LogP contribution in [0.2, 0.25) is 0 Å². The Morgan fingerprint density at radius 2 is 2.20 bits per heavy atom. The Morgan fingerprint density at radius 3 is 2.67 bits per heavy atom. The summed E-state index contributed by atoms with van der Waals surface area (Å²) in [5.41, 5.74) is 5.57. The van der Waals surface area contributed by atoms with Gasteiger partial charge in [0, 0.05) is 0 Å². The number of halogens is 2. The first-order valence-corrected chi connectivity index (χ1v) is 4.81. The van der Waals surface area contributed by atoms with Crippen LogP contribution in [0.3, 0.4) is 0 Å². The van der Waals surface area contributed by atoms with Crippen molar-refractivity contribution >= 4 is 28.3 Å². The number of hydrogen-bond donors (Lipinski definition) is 1. The van der Waals surface area contributed by atoms with Crippen LogP contribution in [0.4, 0.5) is 0 Å². The maximum absolute atomic E-state index is 5.57. The van der Waals surface area contributed by atoms with Crippen LogP contribution in [0.5, 0.6) is 0 Å². The van der Waals surface area contributed by atoms with Crippen LogP contribution in [0, 0.1) is 0 Å². The highest BCUT2D eigenvalue weighted by Crippen LogP contribution is 2.23. The van der Waals surface area contributed by atoms with Gasteiger partial charge in [-0.25, -0.2) is 0 Å². The smallest absolute Gasteiger partial charge is 0.243 e. The molecule has 15 heavy (non-hydrogen) atoms. The van der Waals surface area contributed by atoms with E-state index in [0.29, 0.717) is 22.1 Å². The first-order chi connectivity index (χ1) is 6.66. The zero-order valence-electron chi connectivity index (χ0n) is 7.81. The molecule has 0 saturated heterocycles. The van der Waals surface area contributed by atoms with Gasteiger partial charge < -0.3 is 14.7 Å². The summed E-state index contributed by atoms with van der Waals surface area (Å²) in [6.07, 6.45) is 0. The predicted molar refractivity (Wildman–Crippen MR) is 59.6 cm³/mol. The van der Waals surface area contributed by atoms with Crippen molar-refractivity contribution in [2.75, 3.05) is 0 Å². The molecule has 7 heteroatoms. The van der Waals surface area contributed by atoms with E-state index in [-0.39, 0.29) is 18.4 Å². The van der Waals surface area contributed by atoms with Gasteiger partial charge >= 0.3 is 0 Å². The summed E-state index contributed by atoms with van der Waals surface area (Å²) in [5, 5.41) is 3.74. The highest BCUT2D eigenvalue weighted by Gasteiger charge is 2.13. The third-order valence-electron chi connectivity index (χ3n) is 1.62. The fourth-order valence-electron chi connectivity index (χ4n) is 0.955. The number of hydrogen-bond acceptors (Lipinski definition) is 5. The van der Waals surface area contributed by atoms with Crippen LogP contribution in [-0.4, -0.2) is 10.1 Å². The highest BCUT2D eigenvalue weighted by molar-refractivity contribution is 9.10. The molecule has 0 aromatic carbocycles. The third-order valence-corrected chi connectivity index (χ3v) is 2.05. The molecule has 1 atom stereocenters. The standard InChI is InChI=1S/C8H8BrN3O2.ClH/c1-4(10)8-11-7(12-14-8)5-2-3-6(9)13-5;/h2-4H,10H2,1H3;1H/t4-;/m0./s1. The average molecular weight is 295 g/mol. The van der Waals surface area contributed by atoms with Gasteiger partial charge in [0.15, 0.2) is 10.4 Å². The van der Waals surface area contributed by atoms with E-state index in [1.807, 2.05) is 0 Å². The van der Waals surface area contributed by atoms with Crippen LogP contribution in [0.15, 0.2) is 25.7 Å². The molecule has 0 fully saturated rings. The number of furan rings is 1. The number of nitrogens with zero attached hydrogens (tertiary/aromatic N) is 2. The van der Waals surface area contributed by atoms with Crippen molar-refractivity contribution in [1.82, 2.24) is 10.1 Å². The lowest BCUT2D eigenvalue weighted by Crippen LogP contribution is -2.04. The van der Waals surface area contributed by atoms with Crippen LogP contribution in [0.1, 0.15) is 18.9 Å². The Labute approximate surface area is 101 Å². The molecule has 0 aliphatic rings. The first kappa shape index (κ1) is 12.2. The normalized spacial score (nSPS) is 12.2. The van der Waals surface area contributed by atoms with Crippen molar-refractivity contribution in [3.05, 3.63) is 22.7 Å². The molecule has 2 aromatic heterocycles. The van der Waals surface area contributed by atoms with E-state index in [9.17, 15) is 0 Å². The lowest BCUT2D eigenvalue weighted by Gasteiger charge is -1.92. The molecule has 5 nitrogen and oxygen atoms in total. The number of rotatable bonds is 2. The summed E-state index contributed by atoms with van der Waals surface area (Å²) < 4.78 is 10.8. The van der Waals surface area contributed by atoms with E-state index >= 15 is 0 Å². The zero-order valence-corrected chi connectivity index (χ0v) is 10.2. The van der Waals surface area contributed by atoms with Crippen molar-refractivity contribution < 1.29 is 8.94 Å². The van der Waals surface area contributed by atoms with Gasteiger partial charge in [-0.1, -0.05) is 5.16 Å². The molecule has 2 aromatic rings. The maximum Gasteiger partial charge on any atom is 0.243 e. The molecule has 2 heterocycles. The molecule has 0 bridgehead atoms. The second-order valence-electron chi connectivity index (χ2n) is 2.85. The molecule has 0 unspecified atom stereocenters. The van der Waals surface area contributed by atoms with Crippen molar-refractivity contribution in [2.45, 2.75) is 13.0 Å². The van der Waals surface area contributed by atoms with Crippen molar-refractivity contribution in [2.24, 2.45) is 5.73 Å². The molecule has 2 rings (SSSR count). The minimum atomic E-state index is -0.269. The molecule has 0 aliphatic carbocycles. The van der Waals surface area contributed by atoms with Crippen LogP contribution >= 0.6 is 28.3 Å². The maximum atomic E-state index is 5.57. The second kappa shape index (κ2) is 4.78. The fraction of sp³-hybridized carbons (Fsp3) is 0.250. The summed E-state index contributed by atoms with van der Waals surface area (Å²) in [5.74, 6) is 1.35. The van der Waals surface area contributed by atoms with E-state index < -0.39 is 0 Å². The number of nitrogens with two attached hydrogens (primary N) is 1. The fourth-order valence-corrected chi connectivity index (χ4v) is 1.26. The second-order valence-corrected chi connectivity index (χ2v) is 3.63. The van der Waals surface area contributed by atoms with Crippen LogP contribution in [-0.2, 0) is 0 Å². The largest absolute Gasteiger partial charge is 0.446 e. The van der Waals surface area contributed by atoms with Gasteiger partial charge in [-0.15, -0.1) is 12.4 Å². The van der Waals surface area contributed by atoms with E-state index in [1.54, 1.807) is 19.1 Å². The van der Waals surface area contributed by atoms with E-state index in [1.165, 1.54) is 0 Å². The molecule has 82 valence electrons. The van der Waals surface area contributed by atoms with Gasteiger partial charge in [-0.05, 0) is 35.0 Å². The predicted octanol–water partition coefficient (Wildman–Crippen LogP) is 2.53. The summed E-state index contributed by atoms with van der Waals surface area (Å²) >= 11 is 3.19. The quantitative estimate of drug-likeness (QED) is 0.921. The van der Waals surface area contributed by atoms with Crippen molar-refractivity contribution in [3.63, 3.8) is 0 Å². The Balaban J connectivity index is 0.00000112. The van der Waals surface area contributed by atoms with Gasteiger partial charge in [-0.3, -0.25) is 0 Å². The van der Waals surface area contributed by atoms with Gasteiger partial charge in [0.25, 0.3) is 0 Å². The summed E-state index contributed by atoms with van der Waals surface area (Å²) in [4.78, 5) is 4.08. The number of aromatic nitrogens is 2. The highest BCUT2D eigenvalue weighted by atomic mass is 79.9.